The molecule has 1 fully saturated rings. The Balaban J connectivity index is 1.55. The van der Waals surface area contributed by atoms with E-state index >= 15 is 0 Å². The van der Waals surface area contributed by atoms with Gasteiger partial charge in [-0.05, 0) is 64.5 Å². The van der Waals surface area contributed by atoms with Crippen LogP contribution in [0.5, 0.6) is 0 Å². The van der Waals surface area contributed by atoms with Gasteiger partial charge in [-0.1, -0.05) is 25.1 Å². The molecule has 31 heavy (non-hydrogen) atoms. The Morgan fingerprint density at radius 3 is 2.65 bits per heavy atom. The highest BCUT2D eigenvalue weighted by molar-refractivity contribution is 5.96. The molecular weight excluding hydrogens is 394 g/mol. The predicted octanol–water partition coefficient (Wildman–Crippen LogP) is 3.73. The minimum absolute atomic E-state index is 0.0259. The summed E-state index contributed by atoms with van der Waals surface area (Å²) in [7, 11) is 0. The number of likely N-dealkylation sites (tertiary alicyclic amines) is 1. The number of carbonyl (C=O) groups excluding carboxylic acids is 3. The first-order chi connectivity index (χ1) is 14.5. The van der Waals surface area contributed by atoms with E-state index in [0.29, 0.717) is 19.4 Å². The molecule has 0 aromatic heterocycles. The van der Waals surface area contributed by atoms with Crippen LogP contribution in [-0.2, 0) is 20.7 Å². The first kappa shape index (κ1) is 23.1. The number of carbonyl (C=O) groups is 3. The van der Waals surface area contributed by atoms with Crippen LogP contribution in [0.4, 0.5) is 10.5 Å². The summed E-state index contributed by atoms with van der Waals surface area (Å²) < 4.78 is 5.53. The molecule has 1 aromatic carbocycles. The van der Waals surface area contributed by atoms with E-state index in [1.54, 1.807) is 4.90 Å². The number of hydrogen-bond acceptors (Lipinski definition) is 4. The van der Waals surface area contributed by atoms with Crippen molar-refractivity contribution in [3.05, 3.63) is 29.8 Å². The number of anilines is 1. The lowest BCUT2D eigenvalue weighted by atomic mass is 9.87. The maximum Gasteiger partial charge on any atom is 0.410 e. The van der Waals surface area contributed by atoms with E-state index in [4.69, 9.17) is 4.74 Å². The molecule has 1 aromatic rings. The van der Waals surface area contributed by atoms with Crippen LogP contribution in [0.3, 0.4) is 0 Å². The van der Waals surface area contributed by atoms with Gasteiger partial charge in [0.2, 0.25) is 11.8 Å². The molecule has 0 saturated carbocycles. The van der Waals surface area contributed by atoms with Crippen LogP contribution in [0.1, 0.15) is 59.4 Å². The van der Waals surface area contributed by atoms with E-state index in [1.807, 2.05) is 52.0 Å². The molecule has 4 atom stereocenters. The van der Waals surface area contributed by atoms with Crippen molar-refractivity contribution >= 4 is 23.6 Å². The van der Waals surface area contributed by atoms with E-state index in [0.717, 1.165) is 17.7 Å². The monoisotopic (exact) mass is 429 g/mol. The van der Waals surface area contributed by atoms with Crippen molar-refractivity contribution in [1.29, 1.82) is 0 Å². The molecule has 2 aliphatic heterocycles. The van der Waals surface area contributed by atoms with Crippen LogP contribution in [0, 0.1) is 11.8 Å². The van der Waals surface area contributed by atoms with E-state index < -0.39 is 5.60 Å². The molecule has 2 N–H and O–H groups in total. The van der Waals surface area contributed by atoms with Gasteiger partial charge in [0, 0.05) is 24.6 Å². The van der Waals surface area contributed by atoms with Crippen molar-refractivity contribution in [2.75, 3.05) is 11.9 Å². The van der Waals surface area contributed by atoms with Gasteiger partial charge in [0.05, 0.1) is 12.1 Å². The van der Waals surface area contributed by atoms with Gasteiger partial charge in [0.25, 0.3) is 0 Å². The molecule has 7 heteroatoms. The topological polar surface area (TPSA) is 87.7 Å². The summed E-state index contributed by atoms with van der Waals surface area (Å²) in [6, 6.07) is 7.47. The summed E-state index contributed by atoms with van der Waals surface area (Å²) in [6.45, 7) is 10.2. The van der Waals surface area contributed by atoms with Gasteiger partial charge in [0.15, 0.2) is 0 Å². The highest BCUT2D eigenvalue weighted by atomic mass is 16.6. The number of nitrogens with zero attached hydrogens (tertiary/aromatic N) is 1. The van der Waals surface area contributed by atoms with Crippen LogP contribution in [0.2, 0.25) is 0 Å². The van der Waals surface area contributed by atoms with Crippen LogP contribution < -0.4 is 10.6 Å². The van der Waals surface area contributed by atoms with Gasteiger partial charge >= 0.3 is 6.09 Å². The molecule has 170 valence electrons. The first-order valence-electron chi connectivity index (χ1n) is 11.2. The highest BCUT2D eigenvalue weighted by Gasteiger charge is 2.38. The number of nitrogens with one attached hydrogen (secondary N) is 2. The van der Waals surface area contributed by atoms with Gasteiger partial charge in [0.1, 0.15) is 5.60 Å². The van der Waals surface area contributed by atoms with Crippen molar-refractivity contribution in [3.8, 4) is 0 Å². The van der Waals surface area contributed by atoms with Crippen LogP contribution in [0.25, 0.3) is 0 Å². The van der Waals surface area contributed by atoms with Crippen molar-refractivity contribution in [3.63, 3.8) is 0 Å². The van der Waals surface area contributed by atoms with Crippen LogP contribution in [-0.4, -0.2) is 47.0 Å². The summed E-state index contributed by atoms with van der Waals surface area (Å²) in [6.07, 6.45) is 1.89. The quantitative estimate of drug-likeness (QED) is 0.763. The Labute approximate surface area is 184 Å². The molecule has 2 heterocycles. The fraction of sp³-hybridized carbons (Fsp3) is 0.625. The second kappa shape index (κ2) is 9.28. The number of benzene rings is 1. The summed E-state index contributed by atoms with van der Waals surface area (Å²) in [5.41, 5.74) is 1.41. The normalized spacial score (nSPS) is 26.0. The third-order valence-electron chi connectivity index (χ3n) is 6.24. The standard InChI is InChI=1S/C24H35N3O4/c1-15-12-13-27(23(30)31-24(3,4)5)16(2)21(15)26-20(28)11-10-18-14-17-8-6-7-9-19(17)25-22(18)29/h6-9,15-16,18,21H,10-14H2,1-5H3,(H,25,29)(H,26,28)/t15-,16-,18+,21-/m1/s1. The molecule has 2 aliphatic rings. The summed E-state index contributed by atoms with van der Waals surface area (Å²) in [5, 5.41) is 6.06. The van der Waals surface area contributed by atoms with E-state index in [9.17, 15) is 14.4 Å². The number of hydrogen-bond donors (Lipinski definition) is 2. The highest BCUT2D eigenvalue weighted by Crippen LogP contribution is 2.28. The van der Waals surface area contributed by atoms with Crippen molar-refractivity contribution < 1.29 is 19.1 Å². The smallest absolute Gasteiger partial charge is 0.410 e. The Kier molecular flexibility index (Phi) is 6.92. The molecule has 3 rings (SSSR count). The second-order valence-electron chi connectivity index (χ2n) is 9.86. The number of ether oxygens (including phenoxy) is 1. The first-order valence-corrected chi connectivity index (χ1v) is 11.2. The number of rotatable bonds is 4. The number of para-hydroxylation sites is 1. The Hall–Kier alpha value is -2.57. The van der Waals surface area contributed by atoms with Crippen LogP contribution >= 0.6 is 0 Å². The van der Waals surface area contributed by atoms with Gasteiger partial charge in [-0.15, -0.1) is 0 Å². The molecular formula is C24H35N3O4. The number of amides is 3. The fourth-order valence-corrected chi connectivity index (χ4v) is 4.45. The lowest BCUT2D eigenvalue weighted by Crippen LogP contribution is -2.59. The molecule has 7 nitrogen and oxygen atoms in total. The zero-order chi connectivity index (χ0) is 22.8. The van der Waals surface area contributed by atoms with E-state index in [2.05, 4.69) is 17.6 Å². The second-order valence-corrected chi connectivity index (χ2v) is 9.86. The summed E-state index contributed by atoms with van der Waals surface area (Å²) in [4.78, 5) is 39.4. The van der Waals surface area contributed by atoms with E-state index in [-0.39, 0.29) is 48.2 Å². The molecule has 0 bridgehead atoms. The number of piperidine rings is 1. The minimum Gasteiger partial charge on any atom is -0.444 e. The maximum atomic E-state index is 12.7. The van der Waals surface area contributed by atoms with Gasteiger partial charge in [-0.25, -0.2) is 4.79 Å². The third kappa shape index (κ3) is 5.77. The third-order valence-corrected chi connectivity index (χ3v) is 6.24. The zero-order valence-corrected chi connectivity index (χ0v) is 19.2. The van der Waals surface area contributed by atoms with Gasteiger partial charge in [-0.2, -0.15) is 0 Å². The maximum absolute atomic E-state index is 12.7. The zero-order valence-electron chi connectivity index (χ0n) is 19.2. The van der Waals surface area contributed by atoms with Crippen molar-refractivity contribution in [2.24, 2.45) is 11.8 Å². The Morgan fingerprint density at radius 2 is 1.94 bits per heavy atom. The molecule has 0 aliphatic carbocycles. The minimum atomic E-state index is -0.558. The lowest BCUT2D eigenvalue weighted by Gasteiger charge is -2.43. The van der Waals surface area contributed by atoms with Crippen molar-refractivity contribution in [1.82, 2.24) is 10.2 Å². The molecule has 0 unspecified atom stereocenters. The van der Waals surface area contributed by atoms with Gasteiger partial charge < -0.3 is 20.3 Å². The number of fused-ring (bicyclic) bond motifs is 1. The Morgan fingerprint density at radius 1 is 1.23 bits per heavy atom. The molecule has 0 radical (unpaired) electrons. The fourth-order valence-electron chi connectivity index (χ4n) is 4.45. The summed E-state index contributed by atoms with van der Waals surface area (Å²) >= 11 is 0. The average molecular weight is 430 g/mol. The SMILES string of the molecule is C[C@@H]1CCN(C(=O)OC(C)(C)C)[C@H](C)[C@@H]1NC(=O)CC[C@H]1Cc2ccccc2NC1=O. The lowest BCUT2D eigenvalue weighted by molar-refractivity contribution is -0.124. The summed E-state index contributed by atoms with van der Waals surface area (Å²) in [5.74, 6) is -0.0639. The van der Waals surface area contributed by atoms with Crippen LogP contribution in [0.15, 0.2) is 24.3 Å². The molecule has 3 amide bonds. The molecule has 1 saturated heterocycles. The average Bonchev–Trinajstić information content (AvgIpc) is 2.68. The Bertz CT molecular complexity index is 832. The van der Waals surface area contributed by atoms with E-state index in [1.165, 1.54) is 0 Å². The van der Waals surface area contributed by atoms with Gasteiger partial charge in [-0.3, -0.25) is 9.59 Å². The predicted molar refractivity (Wildman–Crippen MR) is 120 cm³/mol. The largest absolute Gasteiger partial charge is 0.444 e. The molecule has 0 spiro atoms. The van der Waals surface area contributed by atoms with Crippen molar-refractivity contribution in [2.45, 2.75) is 78.0 Å².